The molecule has 1 aromatic rings. The van der Waals surface area contributed by atoms with Crippen molar-refractivity contribution in [1.82, 2.24) is 0 Å². The normalized spacial score (nSPS) is 42.6. The van der Waals surface area contributed by atoms with Crippen LogP contribution >= 0.6 is 0 Å². The quantitative estimate of drug-likeness (QED) is 0.664. The molecule has 176 valence electrons. The van der Waals surface area contributed by atoms with E-state index in [4.69, 9.17) is 24.0 Å². The van der Waals surface area contributed by atoms with E-state index in [1.165, 1.54) is 6.42 Å². The topological polar surface area (TPSA) is 75.3 Å². The Labute approximate surface area is 190 Å². The Kier molecular flexibility index (Phi) is 5.73. The van der Waals surface area contributed by atoms with E-state index < -0.39 is 17.7 Å². The summed E-state index contributed by atoms with van der Waals surface area (Å²) in [5, 5.41) is 2.97. The second-order valence-corrected chi connectivity index (χ2v) is 10.3. The Balaban J connectivity index is 1.29. The molecule has 8 atom stereocenters. The molecule has 4 heterocycles. The molecule has 7 nitrogen and oxygen atoms in total. The highest BCUT2D eigenvalue weighted by Gasteiger charge is 2.69. The molecule has 4 saturated heterocycles. The molecule has 1 aromatic carbocycles. The van der Waals surface area contributed by atoms with Crippen molar-refractivity contribution < 1.29 is 28.8 Å². The van der Waals surface area contributed by atoms with Gasteiger partial charge in [-0.3, -0.25) is 4.79 Å². The second-order valence-electron chi connectivity index (χ2n) is 10.3. The summed E-state index contributed by atoms with van der Waals surface area (Å²) in [5.41, 5.74) is 0.185. The van der Waals surface area contributed by atoms with E-state index in [0.29, 0.717) is 24.7 Å². The minimum Gasteiger partial charge on any atom is -0.497 e. The van der Waals surface area contributed by atoms with Gasteiger partial charge >= 0.3 is 0 Å². The van der Waals surface area contributed by atoms with Crippen LogP contribution in [0.3, 0.4) is 0 Å². The number of fused-ring (bicyclic) bond motifs is 2. The maximum absolute atomic E-state index is 12.7. The summed E-state index contributed by atoms with van der Waals surface area (Å²) < 4.78 is 18.2. The number of amides is 1. The van der Waals surface area contributed by atoms with Crippen molar-refractivity contribution in [3.05, 3.63) is 24.3 Å². The molecular formula is C25H35NO6. The standard InChI is InChI=1S/C25H35NO6/c1-15-8-9-20-16(2)21(10-11-22(27)26-17-6-5-7-18(14-17)28-4)29-23-25(20)19(15)12-13-24(3,30-23)31-32-25/h5-7,14-16,19-21,23H,8-13H2,1-4H3,(H,26,27). The van der Waals surface area contributed by atoms with E-state index in [9.17, 15) is 4.79 Å². The van der Waals surface area contributed by atoms with Gasteiger partial charge in [0.2, 0.25) is 11.7 Å². The van der Waals surface area contributed by atoms with E-state index in [-0.39, 0.29) is 23.8 Å². The SMILES string of the molecule is COc1cccc(NC(=O)CCC2OC3OC4(C)CCC5C(C)CCC(C2C)C35OO4)c1. The van der Waals surface area contributed by atoms with Gasteiger partial charge in [0.1, 0.15) is 5.75 Å². The predicted molar refractivity (Wildman–Crippen MR) is 118 cm³/mol. The van der Waals surface area contributed by atoms with E-state index in [1.54, 1.807) is 7.11 Å². The van der Waals surface area contributed by atoms with Gasteiger partial charge in [0.15, 0.2) is 11.9 Å². The average molecular weight is 446 g/mol. The molecule has 1 N–H and O–H groups in total. The number of benzene rings is 1. The van der Waals surface area contributed by atoms with Crippen LogP contribution in [0.15, 0.2) is 24.3 Å². The minimum absolute atomic E-state index is 0.0284. The van der Waals surface area contributed by atoms with Crippen LogP contribution in [0, 0.1) is 23.7 Å². The molecule has 2 bridgehead atoms. The number of nitrogens with one attached hydrogen (secondary N) is 1. The molecule has 6 rings (SSSR count). The van der Waals surface area contributed by atoms with E-state index in [0.717, 1.165) is 30.7 Å². The van der Waals surface area contributed by atoms with Gasteiger partial charge in [0, 0.05) is 30.5 Å². The van der Waals surface area contributed by atoms with E-state index in [2.05, 4.69) is 19.2 Å². The fraction of sp³-hybridized carbons (Fsp3) is 0.720. The van der Waals surface area contributed by atoms with Gasteiger partial charge in [-0.1, -0.05) is 19.9 Å². The third kappa shape index (κ3) is 3.63. The number of hydrogen-bond donors (Lipinski definition) is 1. The third-order valence-electron chi connectivity index (χ3n) is 8.30. The Morgan fingerprint density at radius 1 is 1.19 bits per heavy atom. The first-order valence-electron chi connectivity index (χ1n) is 12.0. The minimum atomic E-state index is -0.771. The first kappa shape index (κ1) is 22.1. The van der Waals surface area contributed by atoms with Gasteiger partial charge in [-0.15, -0.1) is 0 Å². The van der Waals surface area contributed by atoms with Gasteiger partial charge in [0.25, 0.3) is 0 Å². The molecule has 7 heteroatoms. The number of anilines is 1. The number of ether oxygens (including phenoxy) is 3. The summed E-state index contributed by atoms with van der Waals surface area (Å²) >= 11 is 0. The number of rotatable bonds is 5. The Bertz CT molecular complexity index is 863. The molecule has 8 unspecified atom stereocenters. The highest BCUT2D eigenvalue weighted by molar-refractivity contribution is 5.90. The molecule has 1 saturated carbocycles. The summed E-state index contributed by atoms with van der Waals surface area (Å²) in [7, 11) is 1.61. The van der Waals surface area contributed by atoms with Crippen molar-refractivity contribution in [2.75, 3.05) is 12.4 Å². The summed E-state index contributed by atoms with van der Waals surface area (Å²) in [4.78, 5) is 24.7. The Morgan fingerprint density at radius 2 is 2.03 bits per heavy atom. The maximum atomic E-state index is 12.7. The highest BCUT2D eigenvalue weighted by Crippen LogP contribution is 2.60. The van der Waals surface area contributed by atoms with Crippen LogP contribution in [0.25, 0.3) is 0 Å². The largest absolute Gasteiger partial charge is 0.497 e. The number of methoxy groups -OCH3 is 1. The summed E-state index contributed by atoms with van der Waals surface area (Å²) in [6.07, 6.45) is 4.57. The van der Waals surface area contributed by atoms with Gasteiger partial charge in [0.05, 0.1) is 13.2 Å². The third-order valence-corrected chi connectivity index (χ3v) is 8.30. The lowest BCUT2D eigenvalue weighted by atomic mass is 9.57. The van der Waals surface area contributed by atoms with Crippen molar-refractivity contribution in [1.29, 1.82) is 0 Å². The van der Waals surface area contributed by atoms with Gasteiger partial charge in [-0.2, -0.15) is 0 Å². The molecular weight excluding hydrogens is 410 g/mol. The van der Waals surface area contributed by atoms with Crippen molar-refractivity contribution in [2.24, 2.45) is 23.7 Å². The zero-order valence-electron chi connectivity index (χ0n) is 19.5. The molecule has 0 aromatic heterocycles. The maximum Gasteiger partial charge on any atom is 0.224 e. The monoisotopic (exact) mass is 445 g/mol. The zero-order chi connectivity index (χ0) is 22.5. The van der Waals surface area contributed by atoms with Crippen molar-refractivity contribution in [2.45, 2.75) is 83.1 Å². The van der Waals surface area contributed by atoms with Gasteiger partial charge < -0.3 is 19.5 Å². The molecule has 32 heavy (non-hydrogen) atoms. The molecule has 5 aliphatic rings. The first-order valence-corrected chi connectivity index (χ1v) is 12.0. The summed E-state index contributed by atoms with van der Waals surface area (Å²) in [5.74, 6) is 1.36. The summed E-state index contributed by atoms with van der Waals surface area (Å²) in [6, 6.07) is 7.40. The fourth-order valence-electron chi connectivity index (χ4n) is 6.51. The lowest BCUT2D eigenvalue weighted by Crippen LogP contribution is -2.70. The van der Waals surface area contributed by atoms with Crippen LogP contribution in [0.5, 0.6) is 5.75 Å². The first-order chi connectivity index (χ1) is 15.3. The van der Waals surface area contributed by atoms with E-state index >= 15 is 0 Å². The lowest BCUT2D eigenvalue weighted by molar-refractivity contribution is -0.571. The molecule has 1 amide bonds. The van der Waals surface area contributed by atoms with Crippen molar-refractivity contribution in [3.8, 4) is 5.75 Å². The van der Waals surface area contributed by atoms with Crippen LogP contribution in [0.2, 0.25) is 0 Å². The number of carbonyl (C=O) groups is 1. The molecule has 0 radical (unpaired) electrons. The van der Waals surface area contributed by atoms with E-state index in [1.807, 2.05) is 31.2 Å². The average Bonchev–Trinajstić information content (AvgIpc) is 3.01. The smallest absolute Gasteiger partial charge is 0.224 e. The zero-order valence-corrected chi connectivity index (χ0v) is 19.5. The van der Waals surface area contributed by atoms with Crippen molar-refractivity contribution >= 4 is 11.6 Å². The highest BCUT2D eigenvalue weighted by atomic mass is 17.3. The van der Waals surface area contributed by atoms with Crippen LogP contribution in [-0.2, 0) is 24.0 Å². The van der Waals surface area contributed by atoms with Gasteiger partial charge in [-0.05, 0) is 62.5 Å². The second kappa shape index (κ2) is 8.28. The van der Waals surface area contributed by atoms with Crippen LogP contribution in [0.1, 0.15) is 59.3 Å². The van der Waals surface area contributed by atoms with Crippen molar-refractivity contribution in [3.63, 3.8) is 0 Å². The molecule has 1 aliphatic carbocycles. The number of carbonyl (C=O) groups excluding carboxylic acids is 1. The van der Waals surface area contributed by atoms with Crippen LogP contribution in [0.4, 0.5) is 5.69 Å². The Hall–Kier alpha value is -1.67. The molecule has 4 aliphatic heterocycles. The van der Waals surface area contributed by atoms with Crippen LogP contribution < -0.4 is 10.1 Å². The molecule has 1 spiro atoms. The summed E-state index contributed by atoms with van der Waals surface area (Å²) in [6.45, 7) is 6.49. The number of hydrogen-bond acceptors (Lipinski definition) is 6. The van der Waals surface area contributed by atoms with Gasteiger partial charge in [-0.25, -0.2) is 9.78 Å². The Morgan fingerprint density at radius 3 is 2.84 bits per heavy atom. The fourth-order valence-corrected chi connectivity index (χ4v) is 6.51. The van der Waals surface area contributed by atoms with Crippen LogP contribution in [-0.4, -0.2) is 36.8 Å². The molecule has 5 fully saturated rings. The lowest BCUT2D eigenvalue weighted by Gasteiger charge is -2.60. The predicted octanol–water partition coefficient (Wildman–Crippen LogP) is 4.66.